The molecule has 2 rings (SSSR count). The van der Waals surface area contributed by atoms with Crippen molar-refractivity contribution in [3.8, 4) is 0 Å². The molecule has 2 unspecified atom stereocenters. The number of carbonyl (C=O) groups is 1. The molecular weight excluding hydrogens is 204 g/mol. The molecule has 16 heavy (non-hydrogen) atoms. The summed E-state index contributed by atoms with van der Waals surface area (Å²) in [6, 6.07) is 0.115. The lowest BCUT2D eigenvalue weighted by Gasteiger charge is -2.28. The van der Waals surface area contributed by atoms with E-state index in [0.29, 0.717) is 18.4 Å². The van der Waals surface area contributed by atoms with E-state index in [1.165, 1.54) is 31.3 Å². The Morgan fingerprint density at radius 2 is 2.38 bits per heavy atom. The van der Waals surface area contributed by atoms with Gasteiger partial charge in [-0.25, -0.2) is 0 Å². The zero-order chi connectivity index (χ0) is 11.5. The van der Waals surface area contributed by atoms with Crippen LogP contribution in [-0.2, 0) is 4.79 Å². The van der Waals surface area contributed by atoms with Gasteiger partial charge in [-0.2, -0.15) is 0 Å². The molecule has 90 valence electrons. The van der Waals surface area contributed by atoms with Crippen LogP contribution in [0, 0.1) is 5.92 Å². The van der Waals surface area contributed by atoms with Crippen LogP contribution in [0.25, 0.3) is 0 Å². The SMILES string of the molecule is CN[C@@H](CC1=CNC2CCCCC12)C(=O)O. The lowest BCUT2D eigenvalue weighted by Crippen LogP contribution is -2.36. The van der Waals surface area contributed by atoms with Gasteiger partial charge in [-0.3, -0.25) is 4.79 Å². The van der Waals surface area contributed by atoms with Crippen LogP contribution < -0.4 is 10.6 Å². The third kappa shape index (κ3) is 2.21. The van der Waals surface area contributed by atoms with Gasteiger partial charge in [0.05, 0.1) is 0 Å². The minimum Gasteiger partial charge on any atom is -0.480 e. The Bertz CT molecular complexity index is 301. The number of aliphatic carboxylic acids is 1. The van der Waals surface area contributed by atoms with Crippen LogP contribution in [0.15, 0.2) is 11.8 Å². The van der Waals surface area contributed by atoms with Crippen LogP contribution in [0.2, 0.25) is 0 Å². The van der Waals surface area contributed by atoms with Gasteiger partial charge in [-0.05, 0) is 38.1 Å². The summed E-state index contributed by atoms with van der Waals surface area (Å²) in [7, 11) is 1.71. The van der Waals surface area contributed by atoms with E-state index in [1.54, 1.807) is 7.05 Å². The van der Waals surface area contributed by atoms with E-state index in [1.807, 2.05) is 6.20 Å². The van der Waals surface area contributed by atoms with Crippen molar-refractivity contribution in [3.63, 3.8) is 0 Å². The molecule has 4 nitrogen and oxygen atoms in total. The van der Waals surface area contributed by atoms with Crippen LogP contribution >= 0.6 is 0 Å². The second-order valence-corrected chi connectivity index (χ2v) is 4.77. The first-order valence-electron chi connectivity index (χ1n) is 6.07. The summed E-state index contributed by atoms with van der Waals surface area (Å²) in [5, 5.41) is 15.3. The summed E-state index contributed by atoms with van der Waals surface area (Å²) < 4.78 is 0. The summed E-state index contributed by atoms with van der Waals surface area (Å²) in [4.78, 5) is 11.0. The fourth-order valence-electron chi connectivity index (χ4n) is 2.85. The molecule has 0 amide bonds. The second-order valence-electron chi connectivity index (χ2n) is 4.77. The maximum atomic E-state index is 11.0. The minimum atomic E-state index is -0.761. The van der Waals surface area contributed by atoms with Gasteiger partial charge in [0.25, 0.3) is 0 Å². The quantitative estimate of drug-likeness (QED) is 0.669. The Morgan fingerprint density at radius 1 is 1.62 bits per heavy atom. The average Bonchev–Trinajstić information content (AvgIpc) is 2.69. The molecule has 0 saturated heterocycles. The lowest BCUT2D eigenvalue weighted by molar-refractivity contribution is -0.139. The molecule has 1 aliphatic carbocycles. The maximum absolute atomic E-state index is 11.0. The van der Waals surface area contributed by atoms with Crippen LogP contribution in [0.3, 0.4) is 0 Å². The van der Waals surface area contributed by atoms with Crippen LogP contribution in [0.5, 0.6) is 0 Å². The Labute approximate surface area is 96.1 Å². The highest BCUT2D eigenvalue weighted by Crippen LogP contribution is 2.35. The van der Waals surface area contributed by atoms with E-state index in [4.69, 9.17) is 5.11 Å². The molecule has 1 aliphatic heterocycles. The minimum absolute atomic E-state index is 0.450. The summed E-state index contributed by atoms with van der Waals surface area (Å²) in [6.07, 6.45) is 7.68. The molecule has 1 saturated carbocycles. The van der Waals surface area contributed by atoms with Crippen LogP contribution in [0.1, 0.15) is 32.1 Å². The Balaban J connectivity index is 1.97. The van der Waals surface area contributed by atoms with Crippen LogP contribution in [0.4, 0.5) is 0 Å². The normalized spacial score (nSPS) is 30.2. The third-order valence-corrected chi connectivity index (χ3v) is 3.81. The highest BCUT2D eigenvalue weighted by Gasteiger charge is 2.33. The van der Waals surface area contributed by atoms with E-state index in [2.05, 4.69) is 10.6 Å². The molecule has 3 N–H and O–H groups in total. The molecule has 0 aromatic carbocycles. The van der Waals surface area contributed by atoms with Crippen molar-refractivity contribution in [3.05, 3.63) is 11.8 Å². The number of nitrogens with one attached hydrogen (secondary N) is 2. The van der Waals surface area contributed by atoms with Crippen molar-refractivity contribution in [2.75, 3.05) is 7.05 Å². The van der Waals surface area contributed by atoms with Gasteiger partial charge < -0.3 is 15.7 Å². The maximum Gasteiger partial charge on any atom is 0.321 e. The second kappa shape index (κ2) is 4.87. The summed E-state index contributed by atoms with van der Waals surface area (Å²) in [5.41, 5.74) is 1.28. The topological polar surface area (TPSA) is 61.4 Å². The first kappa shape index (κ1) is 11.5. The zero-order valence-electron chi connectivity index (χ0n) is 9.70. The van der Waals surface area contributed by atoms with E-state index in [9.17, 15) is 4.79 Å². The average molecular weight is 224 g/mol. The third-order valence-electron chi connectivity index (χ3n) is 3.81. The predicted molar refractivity (Wildman–Crippen MR) is 62.1 cm³/mol. The van der Waals surface area contributed by atoms with Gasteiger partial charge in [0, 0.05) is 12.0 Å². The predicted octanol–water partition coefficient (Wildman–Crippen LogP) is 1.09. The number of fused-ring (bicyclic) bond motifs is 1. The Hall–Kier alpha value is -1.03. The van der Waals surface area contributed by atoms with Crippen molar-refractivity contribution < 1.29 is 9.90 Å². The van der Waals surface area contributed by atoms with E-state index < -0.39 is 12.0 Å². The largest absolute Gasteiger partial charge is 0.480 e. The van der Waals surface area contributed by atoms with Crippen molar-refractivity contribution >= 4 is 5.97 Å². The van der Waals surface area contributed by atoms with Gasteiger partial charge in [-0.1, -0.05) is 12.8 Å². The molecule has 0 radical (unpaired) electrons. The van der Waals surface area contributed by atoms with Crippen molar-refractivity contribution in [2.24, 2.45) is 5.92 Å². The summed E-state index contributed by atoms with van der Waals surface area (Å²) >= 11 is 0. The number of likely N-dealkylation sites (N-methyl/N-ethyl adjacent to an activating group) is 1. The molecule has 1 fully saturated rings. The van der Waals surface area contributed by atoms with Gasteiger partial charge in [0.2, 0.25) is 0 Å². The van der Waals surface area contributed by atoms with Gasteiger partial charge in [0.15, 0.2) is 0 Å². The number of carboxylic acid groups (broad SMARTS) is 1. The van der Waals surface area contributed by atoms with E-state index in [-0.39, 0.29) is 0 Å². The molecule has 0 bridgehead atoms. The zero-order valence-corrected chi connectivity index (χ0v) is 9.70. The first-order chi connectivity index (χ1) is 7.72. The highest BCUT2D eigenvalue weighted by atomic mass is 16.4. The molecule has 3 atom stereocenters. The molecule has 1 heterocycles. The lowest BCUT2D eigenvalue weighted by atomic mass is 9.80. The summed E-state index contributed by atoms with van der Waals surface area (Å²) in [5.74, 6) is -0.188. The Kier molecular flexibility index (Phi) is 3.49. The Morgan fingerprint density at radius 3 is 3.06 bits per heavy atom. The van der Waals surface area contributed by atoms with Gasteiger partial charge in [-0.15, -0.1) is 0 Å². The number of hydrogen-bond donors (Lipinski definition) is 3. The molecular formula is C12H20N2O2. The van der Waals surface area contributed by atoms with E-state index >= 15 is 0 Å². The first-order valence-corrected chi connectivity index (χ1v) is 6.07. The smallest absolute Gasteiger partial charge is 0.321 e. The van der Waals surface area contributed by atoms with Gasteiger partial charge in [0.1, 0.15) is 6.04 Å². The monoisotopic (exact) mass is 224 g/mol. The number of hydrogen-bond acceptors (Lipinski definition) is 3. The molecule has 2 aliphatic rings. The standard InChI is InChI=1S/C12H20N2O2/c1-13-11(12(15)16)6-8-7-14-10-5-3-2-4-9(8)10/h7,9-11,13-14H,2-6H2,1H3,(H,15,16)/t9?,10?,11-/m0/s1. The fraction of sp³-hybridized carbons (Fsp3) is 0.750. The molecule has 4 heteroatoms. The summed E-state index contributed by atoms with van der Waals surface area (Å²) in [6.45, 7) is 0. The number of rotatable bonds is 4. The number of carboxylic acids is 1. The van der Waals surface area contributed by atoms with Gasteiger partial charge >= 0.3 is 5.97 Å². The molecule has 0 spiro atoms. The van der Waals surface area contributed by atoms with E-state index in [0.717, 1.165) is 0 Å². The molecule has 0 aromatic rings. The van der Waals surface area contributed by atoms with Crippen molar-refractivity contribution in [1.29, 1.82) is 0 Å². The van der Waals surface area contributed by atoms with Crippen molar-refractivity contribution in [2.45, 2.75) is 44.2 Å². The van der Waals surface area contributed by atoms with Crippen molar-refractivity contribution in [1.82, 2.24) is 10.6 Å². The molecule has 0 aromatic heterocycles. The fourth-order valence-corrected chi connectivity index (χ4v) is 2.85. The van der Waals surface area contributed by atoms with Crippen LogP contribution in [-0.4, -0.2) is 30.2 Å². The highest BCUT2D eigenvalue weighted by molar-refractivity contribution is 5.73.